The van der Waals surface area contributed by atoms with Crippen LogP contribution < -0.4 is 4.72 Å². The smallest absolute Gasteiger partial charge is 0.253 e. The standard InChI is InChI=1S/C13H16ClIN2O3S/c1-21(19,20)16-10-3-2-6-17(8-10)13(18)9-4-5-12(15)11(14)7-9/h4-5,7,10,16H,2-3,6,8H2,1H3. The number of amides is 1. The average molecular weight is 443 g/mol. The molecule has 1 aromatic rings. The number of piperidine rings is 1. The van der Waals surface area contributed by atoms with Crippen molar-refractivity contribution in [3.05, 3.63) is 32.4 Å². The van der Waals surface area contributed by atoms with Crippen molar-refractivity contribution in [2.24, 2.45) is 0 Å². The lowest BCUT2D eigenvalue weighted by Crippen LogP contribution is -2.49. The number of benzene rings is 1. The van der Waals surface area contributed by atoms with E-state index >= 15 is 0 Å². The third-order valence-corrected chi connectivity index (χ3v) is 5.59. The Morgan fingerprint density at radius 3 is 2.81 bits per heavy atom. The topological polar surface area (TPSA) is 66.5 Å². The van der Waals surface area contributed by atoms with Gasteiger partial charge < -0.3 is 4.90 Å². The molecular weight excluding hydrogens is 427 g/mol. The van der Waals surface area contributed by atoms with Crippen molar-refractivity contribution < 1.29 is 13.2 Å². The number of carbonyl (C=O) groups is 1. The Balaban J connectivity index is 2.10. The van der Waals surface area contributed by atoms with Gasteiger partial charge in [-0.25, -0.2) is 13.1 Å². The Hall–Kier alpha value is -0.380. The van der Waals surface area contributed by atoms with Crippen molar-refractivity contribution >= 4 is 50.1 Å². The Kier molecular flexibility index (Phi) is 5.50. The second kappa shape index (κ2) is 6.80. The van der Waals surface area contributed by atoms with Crippen LogP contribution in [0.3, 0.4) is 0 Å². The van der Waals surface area contributed by atoms with Gasteiger partial charge in [-0.2, -0.15) is 0 Å². The molecule has 0 aromatic heterocycles. The van der Waals surface area contributed by atoms with Gasteiger partial charge in [0.1, 0.15) is 0 Å². The fraction of sp³-hybridized carbons (Fsp3) is 0.462. The molecule has 1 amide bonds. The highest BCUT2D eigenvalue weighted by molar-refractivity contribution is 14.1. The minimum Gasteiger partial charge on any atom is -0.337 e. The van der Waals surface area contributed by atoms with Crippen LogP contribution in [0.5, 0.6) is 0 Å². The van der Waals surface area contributed by atoms with E-state index in [9.17, 15) is 13.2 Å². The lowest BCUT2D eigenvalue weighted by molar-refractivity contribution is 0.0703. The van der Waals surface area contributed by atoms with Gasteiger partial charge >= 0.3 is 0 Å². The summed E-state index contributed by atoms with van der Waals surface area (Å²) in [5, 5.41) is 0.546. The molecule has 1 unspecified atom stereocenters. The molecule has 2 rings (SSSR count). The summed E-state index contributed by atoms with van der Waals surface area (Å²) >= 11 is 8.15. The largest absolute Gasteiger partial charge is 0.337 e. The zero-order valence-corrected chi connectivity index (χ0v) is 15.2. The molecule has 1 aliphatic rings. The van der Waals surface area contributed by atoms with Gasteiger partial charge in [-0.05, 0) is 53.6 Å². The number of halogens is 2. The zero-order valence-electron chi connectivity index (χ0n) is 11.5. The van der Waals surface area contributed by atoms with Gasteiger partial charge in [0.15, 0.2) is 0 Å². The third-order valence-electron chi connectivity index (χ3n) is 3.26. The van der Waals surface area contributed by atoms with Gasteiger partial charge in [-0.1, -0.05) is 11.6 Å². The first-order valence-corrected chi connectivity index (χ1v) is 9.83. The van der Waals surface area contributed by atoms with Crippen molar-refractivity contribution in [2.45, 2.75) is 18.9 Å². The third kappa shape index (κ3) is 4.80. The minimum atomic E-state index is -3.26. The van der Waals surface area contributed by atoms with Crippen LogP contribution in [0.4, 0.5) is 0 Å². The minimum absolute atomic E-state index is 0.117. The van der Waals surface area contributed by atoms with E-state index in [1.807, 2.05) is 0 Å². The Morgan fingerprint density at radius 2 is 2.19 bits per heavy atom. The van der Waals surface area contributed by atoms with Gasteiger partial charge in [0.05, 0.1) is 11.3 Å². The number of hydrogen-bond donors (Lipinski definition) is 1. The Bertz CT molecular complexity index is 651. The number of nitrogens with one attached hydrogen (secondary N) is 1. The zero-order chi connectivity index (χ0) is 15.6. The van der Waals surface area contributed by atoms with E-state index in [0.717, 1.165) is 22.7 Å². The molecule has 5 nitrogen and oxygen atoms in total. The second-order valence-corrected chi connectivity index (χ2v) is 8.46. The van der Waals surface area contributed by atoms with Gasteiger partial charge in [-0.3, -0.25) is 4.79 Å². The summed E-state index contributed by atoms with van der Waals surface area (Å²) in [4.78, 5) is 14.1. The van der Waals surface area contributed by atoms with Crippen LogP contribution in [0, 0.1) is 3.57 Å². The number of hydrogen-bond acceptors (Lipinski definition) is 3. The van der Waals surface area contributed by atoms with Crippen LogP contribution in [-0.2, 0) is 10.0 Å². The maximum atomic E-state index is 12.5. The number of sulfonamides is 1. The Morgan fingerprint density at radius 1 is 1.48 bits per heavy atom. The van der Waals surface area contributed by atoms with Crippen LogP contribution in [0.25, 0.3) is 0 Å². The van der Waals surface area contributed by atoms with Crippen molar-refractivity contribution in [3.63, 3.8) is 0 Å². The number of carbonyl (C=O) groups excluding carboxylic acids is 1. The molecule has 8 heteroatoms. The predicted octanol–water partition coefficient (Wildman–Crippen LogP) is 2.10. The molecule has 1 aliphatic heterocycles. The molecule has 0 aliphatic carbocycles. The molecule has 0 saturated carbocycles. The summed E-state index contributed by atoms with van der Waals surface area (Å²) in [6.45, 7) is 1.01. The predicted molar refractivity (Wildman–Crippen MR) is 91.1 cm³/mol. The number of rotatable bonds is 3. The van der Waals surface area contributed by atoms with Crippen molar-refractivity contribution in [1.29, 1.82) is 0 Å². The fourth-order valence-corrected chi connectivity index (χ4v) is 3.69. The molecule has 1 aromatic carbocycles. The maximum Gasteiger partial charge on any atom is 0.253 e. The first-order valence-electron chi connectivity index (χ1n) is 6.48. The second-order valence-electron chi connectivity index (χ2n) is 5.11. The highest BCUT2D eigenvalue weighted by Crippen LogP contribution is 2.21. The normalized spacial score (nSPS) is 19.6. The molecule has 1 N–H and O–H groups in total. The lowest BCUT2D eigenvalue weighted by Gasteiger charge is -2.32. The summed E-state index contributed by atoms with van der Waals surface area (Å²) in [5.41, 5.74) is 0.528. The van der Waals surface area contributed by atoms with E-state index in [0.29, 0.717) is 23.7 Å². The van der Waals surface area contributed by atoms with Gasteiger partial charge in [-0.15, -0.1) is 0 Å². The highest BCUT2D eigenvalue weighted by atomic mass is 127. The molecule has 1 atom stereocenters. The molecule has 116 valence electrons. The van der Waals surface area contributed by atoms with E-state index in [1.165, 1.54) is 0 Å². The monoisotopic (exact) mass is 442 g/mol. The molecule has 1 fully saturated rings. The Labute approximate surface area is 143 Å². The van der Waals surface area contributed by atoms with Crippen LogP contribution in [-0.4, -0.2) is 44.6 Å². The van der Waals surface area contributed by atoms with Crippen LogP contribution in [0.1, 0.15) is 23.2 Å². The summed E-state index contributed by atoms with van der Waals surface area (Å²) < 4.78 is 26.0. The van der Waals surface area contributed by atoms with Crippen molar-refractivity contribution in [3.8, 4) is 0 Å². The molecule has 0 radical (unpaired) electrons. The number of likely N-dealkylation sites (tertiary alicyclic amines) is 1. The fourth-order valence-electron chi connectivity index (χ4n) is 2.37. The molecule has 0 bridgehead atoms. The summed E-state index contributed by atoms with van der Waals surface area (Å²) in [6.07, 6.45) is 2.65. The van der Waals surface area contributed by atoms with Crippen LogP contribution >= 0.6 is 34.2 Å². The first kappa shape index (κ1) is 17.0. The summed E-state index contributed by atoms with van der Waals surface area (Å²) in [6, 6.07) is 4.96. The average Bonchev–Trinajstić information content (AvgIpc) is 2.39. The van der Waals surface area contributed by atoms with Crippen molar-refractivity contribution in [2.75, 3.05) is 19.3 Å². The lowest BCUT2D eigenvalue weighted by atomic mass is 10.1. The molecule has 21 heavy (non-hydrogen) atoms. The van der Waals surface area contributed by atoms with Crippen LogP contribution in [0.15, 0.2) is 18.2 Å². The number of nitrogens with zero attached hydrogens (tertiary/aromatic N) is 1. The van der Waals surface area contributed by atoms with E-state index < -0.39 is 10.0 Å². The van der Waals surface area contributed by atoms with E-state index in [2.05, 4.69) is 27.3 Å². The van der Waals surface area contributed by atoms with Gasteiger partial charge in [0.25, 0.3) is 5.91 Å². The van der Waals surface area contributed by atoms with E-state index in [1.54, 1.807) is 23.1 Å². The SMILES string of the molecule is CS(=O)(=O)NC1CCCN(C(=O)c2ccc(I)c(Cl)c2)C1. The van der Waals surface area contributed by atoms with Gasteiger partial charge in [0.2, 0.25) is 10.0 Å². The quantitative estimate of drug-likeness (QED) is 0.729. The van der Waals surface area contributed by atoms with E-state index in [-0.39, 0.29) is 11.9 Å². The molecular formula is C13H16ClIN2O3S. The van der Waals surface area contributed by atoms with E-state index in [4.69, 9.17) is 11.6 Å². The van der Waals surface area contributed by atoms with Gasteiger partial charge in [0, 0.05) is 28.3 Å². The van der Waals surface area contributed by atoms with Crippen molar-refractivity contribution in [1.82, 2.24) is 9.62 Å². The van der Waals surface area contributed by atoms with Crippen LogP contribution in [0.2, 0.25) is 5.02 Å². The summed E-state index contributed by atoms with van der Waals surface area (Å²) in [7, 11) is -3.26. The molecule has 1 heterocycles. The molecule has 1 saturated heterocycles. The maximum absolute atomic E-state index is 12.5. The first-order chi connectivity index (χ1) is 9.76. The highest BCUT2D eigenvalue weighted by Gasteiger charge is 2.26. The molecule has 0 spiro atoms. The summed E-state index contributed by atoms with van der Waals surface area (Å²) in [5.74, 6) is -0.117.